The lowest BCUT2D eigenvalue weighted by molar-refractivity contribution is -0.120. The minimum absolute atomic E-state index is 0.0467. The minimum Gasteiger partial charge on any atom is -0.497 e. The highest BCUT2D eigenvalue weighted by atomic mass is 32.1. The first-order chi connectivity index (χ1) is 12.2. The molecule has 0 bridgehead atoms. The van der Waals surface area contributed by atoms with Gasteiger partial charge >= 0.3 is 0 Å². The van der Waals surface area contributed by atoms with Gasteiger partial charge in [-0.1, -0.05) is 19.1 Å². The predicted molar refractivity (Wildman–Crippen MR) is 101 cm³/mol. The van der Waals surface area contributed by atoms with Crippen molar-refractivity contribution in [2.75, 3.05) is 26.7 Å². The van der Waals surface area contributed by atoms with E-state index in [2.05, 4.69) is 22.1 Å². The third-order valence-corrected chi connectivity index (χ3v) is 5.59. The van der Waals surface area contributed by atoms with Gasteiger partial charge in [-0.3, -0.25) is 9.69 Å². The summed E-state index contributed by atoms with van der Waals surface area (Å²) in [7, 11) is 1.65. The number of likely N-dealkylation sites (tertiary alicyclic amines) is 1. The summed E-state index contributed by atoms with van der Waals surface area (Å²) in [6, 6.07) is 8.31. The lowest BCUT2D eigenvalue weighted by Crippen LogP contribution is -2.40. The topological polar surface area (TPSA) is 54.5 Å². The zero-order valence-electron chi connectivity index (χ0n) is 14.8. The fourth-order valence-electron chi connectivity index (χ4n) is 3.28. The Labute approximate surface area is 153 Å². The highest BCUT2D eigenvalue weighted by molar-refractivity contribution is 7.13. The van der Waals surface area contributed by atoms with Crippen LogP contribution >= 0.6 is 11.3 Å². The molecule has 1 saturated heterocycles. The highest BCUT2D eigenvalue weighted by Crippen LogP contribution is 2.27. The summed E-state index contributed by atoms with van der Waals surface area (Å²) in [4.78, 5) is 19.3. The summed E-state index contributed by atoms with van der Waals surface area (Å²) in [5.74, 6) is 0.856. The summed E-state index contributed by atoms with van der Waals surface area (Å²) in [5.41, 5.74) is 1.83. The monoisotopic (exact) mass is 359 g/mol. The number of amides is 1. The Morgan fingerprint density at radius 3 is 3.16 bits per heavy atom. The molecule has 0 radical (unpaired) electrons. The Morgan fingerprint density at radius 2 is 2.36 bits per heavy atom. The van der Waals surface area contributed by atoms with Gasteiger partial charge in [0.25, 0.3) is 0 Å². The van der Waals surface area contributed by atoms with Crippen LogP contribution < -0.4 is 10.1 Å². The first-order valence-corrected chi connectivity index (χ1v) is 9.67. The molecule has 1 aromatic carbocycles. The number of hydrogen-bond donors (Lipinski definition) is 1. The quantitative estimate of drug-likeness (QED) is 0.826. The summed E-state index contributed by atoms with van der Waals surface area (Å²) in [6.07, 6.45) is 2.73. The van der Waals surface area contributed by atoms with Crippen molar-refractivity contribution in [2.45, 2.75) is 32.2 Å². The van der Waals surface area contributed by atoms with Gasteiger partial charge in [0.2, 0.25) is 5.91 Å². The number of rotatable bonds is 7. The van der Waals surface area contributed by atoms with Crippen molar-refractivity contribution >= 4 is 17.2 Å². The summed E-state index contributed by atoms with van der Waals surface area (Å²) in [5, 5.41) is 5.94. The number of methoxy groups -OCH3 is 1. The van der Waals surface area contributed by atoms with Gasteiger partial charge in [-0.15, -0.1) is 11.3 Å². The van der Waals surface area contributed by atoms with Crippen LogP contribution in [0.25, 0.3) is 10.6 Å². The van der Waals surface area contributed by atoms with Crippen molar-refractivity contribution in [2.24, 2.45) is 0 Å². The maximum atomic E-state index is 12.2. The van der Waals surface area contributed by atoms with E-state index in [-0.39, 0.29) is 5.91 Å². The number of nitrogens with zero attached hydrogens (tertiary/aromatic N) is 2. The van der Waals surface area contributed by atoms with Crippen molar-refractivity contribution in [3.63, 3.8) is 0 Å². The molecule has 0 spiro atoms. The maximum Gasteiger partial charge on any atom is 0.226 e. The number of benzene rings is 1. The normalized spacial score (nSPS) is 17.6. The molecule has 1 atom stereocenters. The van der Waals surface area contributed by atoms with E-state index in [9.17, 15) is 4.79 Å². The molecule has 1 aliphatic rings. The van der Waals surface area contributed by atoms with Crippen LogP contribution in [0, 0.1) is 0 Å². The molecule has 6 heteroatoms. The second-order valence-electron chi connectivity index (χ2n) is 6.28. The van der Waals surface area contributed by atoms with E-state index in [1.807, 2.05) is 29.6 Å². The first kappa shape index (κ1) is 17.9. The molecule has 2 heterocycles. The van der Waals surface area contributed by atoms with Crippen molar-refractivity contribution in [1.29, 1.82) is 0 Å². The second-order valence-corrected chi connectivity index (χ2v) is 7.14. The van der Waals surface area contributed by atoms with Crippen LogP contribution in [0.4, 0.5) is 0 Å². The Hall–Kier alpha value is -1.92. The number of nitrogens with one attached hydrogen (secondary N) is 1. The Morgan fingerprint density at radius 1 is 1.48 bits per heavy atom. The fraction of sp³-hybridized carbons (Fsp3) is 0.474. The zero-order valence-corrected chi connectivity index (χ0v) is 15.6. The molecule has 1 N–H and O–H groups in total. The van der Waals surface area contributed by atoms with Crippen LogP contribution in [0.15, 0.2) is 29.6 Å². The molecule has 1 amide bonds. The number of hydrogen-bond acceptors (Lipinski definition) is 5. The van der Waals surface area contributed by atoms with Crippen LogP contribution in [-0.4, -0.2) is 48.6 Å². The molecule has 134 valence electrons. The molecular formula is C19H25N3O2S. The number of likely N-dealkylation sites (N-methyl/N-ethyl adjacent to an activating group) is 1. The molecule has 1 fully saturated rings. The van der Waals surface area contributed by atoms with Crippen molar-refractivity contribution in [3.8, 4) is 16.3 Å². The summed E-state index contributed by atoms with van der Waals surface area (Å²) >= 11 is 1.56. The van der Waals surface area contributed by atoms with Gasteiger partial charge in [-0.2, -0.15) is 0 Å². The Balaban J connectivity index is 1.54. The van der Waals surface area contributed by atoms with E-state index >= 15 is 0 Å². The van der Waals surface area contributed by atoms with Crippen LogP contribution in [0.2, 0.25) is 0 Å². The van der Waals surface area contributed by atoms with Crippen molar-refractivity contribution in [3.05, 3.63) is 35.3 Å². The number of carbonyl (C=O) groups excluding carboxylic acids is 1. The van der Waals surface area contributed by atoms with Crippen LogP contribution in [0.3, 0.4) is 0 Å². The maximum absolute atomic E-state index is 12.2. The van der Waals surface area contributed by atoms with Gasteiger partial charge in [0.05, 0.1) is 19.2 Å². The fourth-order valence-corrected chi connectivity index (χ4v) is 4.09. The zero-order chi connectivity index (χ0) is 17.6. The largest absolute Gasteiger partial charge is 0.497 e. The van der Waals surface area contributed by atoms with Gasteiger partial charge in [0.15, 0.2) is 0 Å². The van der Waals surface area contributed by atoms with Crippen molar-refractivity contribution < 1.29 is 9.53 Å². The molecule has 1 unspecified atom stereocenters. The predicted octanol–water partition coefficient (Wildman–Crippen LogP) is 2.96. The smallest absolute Gasteiger partial charge is 0.226 e. The molecular weight excluding hydrogens is 334 g/mol. The third kappa shape index (κ3) is 4.58. The molecule has 1 aromatic heterocycles. The van der Waals surface area contributed by atoms with E-state index < -0.39 is 0 Å². The summed E-state index contributed by atoms with van der Waals surface area (Å²) in [6.45, 7) is 5.11. The summed E-state index contributed by atoms with van der Waals surface area (Å²) < 4.78 is 5.25. The molecule has 2 aromatic rings. The van der Waals surface area contributed by atoms with Crippen molar-refractivity contribution in [1.82, 2.24) is 15.2 Å². The lowest BCUT2D eigenvalue weighted by Gasteiger charge is -2.22. The molecule has 0 saturated carbocycles. The van der Waals surface area contributed by atoms with Gasteiger partial charge in [0, 0.05) is 23.5 Å². The van der Waals surface area contributed by atoms with E-state index in [0.29, 0.717) is 12.5 Å². The second kappa shape index (κ2) is 8.45. The molecule has 1 aliphatic heterocycles. The van der Waals surface area contributed by atoms with Crippen LogP contribution in [0.5, 0.6) is 5.75 Å². The lowest BCUT2D eigenvalue weighted by atomic mass is 10.2. The van der Waals surface area contributed by atoms with Gasteiger partial charge in [-0.05, 0) is 38.1 Å². The van der Waals surface area contributed by atoms with E-state index in [1.165, 1.54) is 12.8 Å². The van der Waals surface area contributed by atoms with E-state index in [4.69, 9.17) is 4.74 Å². The number of ether oxygens (including phenoxy) is 1. The number of aromatic nitrogens is 1. The van der Waals surface area contributed by atoms with Crippen LogP contribution in [0.1, 0.15) is 25.5 Å². The number of carbonyl (C=O) groups is 1. The highest BCUT2D eigenvalue weighted by Gasteiger charge is 2.23. The average molecular weight is 359 g/mol. The van der Waals surface area contributed by atoms with Gasteiger partial charge in [-0.25, -0.2) is 4.98 Å². The van der Waals surface area contributed by atoms with E-state index in [1.54, 1.807) is 18.4 Å². The van der Waals surface area contributed by atoms with Gasteiger partial charge < -0.3 is 10.1 Å². The Kier molecular flexibility index (Phi) is 6.04. The SMILES string of the molecule is CCN1CCCC1CNC(=O)Cc1csc(-c2cccc(OC)c2)n1. The average Bonchev–Trinajstić information content (AvgIpc) is 3.29. The molecule has 0 aliphatic carbocycles. The third-order valence-electron chi connectivity index (χ3n) is 4.65. The Bertz CT molecular complexity index is 716. The molecule has 3 rings (SSSR count). The minimum atomic E-state index is 0.0467. The number of thiazole rings is 1. The first-order valence-electron chi connectivity index (χ1n) is 8.79. The van der Waals surface area contributed by atoms with Gasteiger partial charge in [0.1, 0.15) is 10.8 Å². The molecule has 25 heavy (non-hydrogen) atoms. The van der Waals surface area contributed by atoms with E-state index in [0.717, 1.165) is 41.6 Å². The standard InChI is InChI=1S/C19H25N3O2S/c1-3-22-9-5-7-16(22)12-20-18(23)11-15-13-25-19(21-15)14-6-4-8-17(10-14)24-2/h4,6,8,10,13,16H,3,5,7,9,11-12H2,1-2H3,(H,20,23). The molecule has 5 nitrogen and oxygen atoms in total. The van der Waals surface area contributed by atoms with Crippen LogP contribution in [-0.2, 0) is 11.2 Å².